The minimum absolute atomic E-state index is 0.0925. The number of halogens is 1. The lowest BCUT2D eigenvalue weighted by Crippen LogP contribution is -2.39. The van der Waals surface area contributed by atoms with Gasteiger partial charge in [0.1, 0.15) is 0 Å². The van der Waals surface area contributed by atoms with Crippen LogP contribution in [0.25, 0.3) is 0 Å². The number of amides is 1. The van der Waals surface area contributed by atoms with Crippen LogP contribution in [0, 0.1) is 12.3 Å². The number of rotatable bonds is 6. The Hall–Kier alpha value is -0.870. The molecular formula is C15H22BrNO2. The molecule has 0 radical (unpaired) electrons. The molecule has 19 heavy (non-hydrogen) atoms. The summed E-state index contributed by atoms with van der Waals surface area (Å²) in [7, 11) is 0. The van der Waals surface area contributed by atoms with Gasteiger partial charge in [0.05, 0.1) is 12.2 Å². The van der Waals surface area contributed by atoms with Crippen LogP contribution in [0.1, 0.15) is 42.6 Å². The van der Waals surface area contributed by atoms with Crippen molar-refractivity contribution >= 4 is 21.8 Å². The summed E-state index contributed by atoms with van der Waals surface area (Å²) in [5.41, 5.74) is 1.47. The normalized spacial score (nSPS) is 11.4. The van der Waals surface area contributed by atoms with Crippen LogP contribution in [0.15, 0.2) is 22.7 Å². The van der Waals surface area contributed by atoms with E-state index in [0.29, 0.717) is 12.1 Å². The van der Waals surface area contributed by atoms with Gasteiger partial charge in [0, 0.05) is 16.4 Å². The highest BCUT2D eigenvalue weighted by atomic mass is 79.9. The maximum absolute atomic E-state index is 12.2. The van der Waals surface area contributed by atoms with Crippen molar-refractivity contribution in [3.05, 3.63) is 33.8 Å². The lowest BCUT2D eigenvalue weighted by Gasteiger charge is -2.29. The Labute approximate surface area is 123 Å². The Morgan fingerprint density at radius 1 is 1.37 bits per heavy atom. The van der Waals surface area contributed by atoms with E-state index in [1.807, 2.05) is 39.0 Å². The van der Waals surface area contributed by atoms with E-state index in [1.54, 1.807) is 0 Å². The van der Waals surface area contributed by atoms with Gasteiger partial charge in [-0.1, -0.05) is 25.5 Å². The molecule has 0 aromatic heterocycles. The van der Waals surface area contributed by atoms with Crippen molar-refractivity contribution in [2.75, 3.05) is 13.2 Å². The number of aryl methyl sites for hydroxylation is 1. The predicted octanol–water partition coefficient (Wildman–Crippen LogP) is 3.29. The van der Waals surface area contributed by atoms with Crippen molar-refractivity contribution in [2.24, 2.45) is 5.41 Å². The van der Waals surface area contributed by atoms with E-state index < -0.39 is 0 Å². The van der Waals surface area contributed by atoms with Gasteiger partial charge in [-0.3, -0.25) is 4.79 Å². The van der Waals surface area contributed by atoms with E-state index in [0.717, 1.165) is 22.9 Å². The third-order valence-electron chi connectivity index (χ3n) is 3.83. The van der Waals surface area contributed by atoms with E-state index in [1.165, 1.54) is 0 Å². The Balaban J connectivity index is 2.77. The number of aliphatic hydroxyl groups is 1. The molecule has 0 aliphatic rings. The van der Waals surface area contributed by atoms with Crippen LogP contribution in [-0.4, -0.2) is 24.2 Å². The van der Waals surface area contributed by atoms with Crippen LogP contribution in [0.2, 0.25) is 0 Å². The van der Waals surface area contributed by atoms with E-state index in [-0.39, 0.29) is 17.9 Å². The number of nitrogens with one attached hydrogen (secondary N) is 1. The van der Waals surface area contributed by atoms with Gasteiger partial charge < -0.3 is 10.4 Å². The molecule has 2 N–H and O–H groups in total. The Kier molecular flexibility index (Phi) is 6.01. The molecule has 0 saturated heterocycles. The highest BCUT2D eigenvalue weighted by Crippen LogP contribution is 2.25. The van der Waals surface area contributed by atoms with Gasteiger partial charge in [0.25, 0.3) is 5.91 Å². The first-order valence-electron chi connectivity index (χ1n) is 6.63. The fraction of sp³-hybridized carbons (Fsp3) is 0.533. The zero-order valence-electron chi connectivity index (χ0n) is 11.8. The van der Waals surface area contributed by atoms with Crippen LogP contribution in [0.3, 0.4) is 0 Å². The highest BCUT2D eigenvalue weighted by molar-refractivity contribution is 9.10. The maximum atomic E-state index is 12.2. The van der Waals surface area contributed by atoms with Gasteiger partial charge in [0.15, 0.2) is 0 Å². The second-order valence-corrected chi connectivity index (χ2v) is 5.89. The van der Waals surface area contributed by atoms with Gasteiger partial charge in [-0.05, 0) is 47.8 Å². The molecule has 0 aliphatic carbocycles. The molecule has 0 bridgehead atoms. The summed E-state index contributed by atoms with van der Waals surface area (Å²) < 4.78 is 0.790. The predicted molar refractivity (Wildman–Crippen MR) is 81.3 cm³/mol. The summed E-state index contributed by atoms with van der Waals surface area (Å²) in [6.45, 7) is 6.62. The minimum Gasteiger partial charge on any atom is -0.396 e. The number of carbonyl (C=O) groups is 1. The first-order valence-corrected chi connectivity index (χ1v) is 7.42. The molecule has 1 aromatic carbocycles. The summed E-state index contributed by atoms with van der Waals surface area (Å²) in [6, 6.07) is 5.69. The molecule has 1 amide bonds. The van der Waals surface area contributed by atoms with Gasteiger partial charge >= 0.3 is 0 Å². The van der Waals surface area contributed by atoms with E-state index in [4.69, 9.17) is 0 Å². The van der Waals surface area contributed by atoms with Gasteiger partial charge in [-0.15, -0.1) is 0 Å². The van der Waals surface area contributed by atoms with Gasteiger partial charge in [-0.2, -0.15) is 0 Å². The molecule has 0 fully saturated rings. The van der Waals surface area contributed by atoms with E-state index >= 15 is 0 Å². The SMILES string of the molecule is CCC(CC)(CO)CNC(=O)c1cc(C)ccc1Br. The largest absolute Gasteiger partial charge is 0.396 e. The molecule has 3 nitrogen and oxygen atoms in total. The van der Waals surface area contributed by atoms with Crippen LogP contribution in [0.5, 0.6) is 0 Å². The average molecular weight is 328 g/mol. The Morgan fingerprint density at radius 3 is 2.53 bits per heavy atom. The van der Waals surface area contributed by atoms with Crippen molar-refractivity contribution in [1.29, 1.82) is 0 Å². The monoisotopic (exact) mass is 327 g/mol. The summed E-state index contributed by atoms with van der Waals surface area (Å²) in [5, 5.41) is 12.4. The fourth-order valence-corrected chi connectivity index (χ4v) is 2.38. The Bertz CT molecular complexity index is 434. The number of hydrogen-bond acceptors (Lipinski definition) is 2. The minimum atomic E-state index is -0.216. The molecule has 0 atom stereocenters. The third kappa shape index (κ3) is 4.05. The summed E-state index contributed by atoms with van der Waals surface area (Å²) >= 11 is 3.39. The molecule has 0 unspecified atom stereocenters. The summed E-state index contributed by atoms with van der Waals surface area (Å²) in [6.07, 6.45) is 1.69. The molecule has 0 spiro atoms. The topological polar surface area (TPSA) is 49.3 Å². The number of hydrogen-bond donors (Lipinski definition) is 2. The van der Waals surface area contributed by atoms with Crippen LogP contribution < -0.4 is 5.32 Å². The lowest BCUT2D eigenvalue weighted by molar-refractivity contribution is 0.0850. The first kappa shape index (κ1) is 16.2. The third-order valence-corrected chi connectivity index (χ3v) is 4.52. The van der Waals surface area contributed by atoms with Gasteiger partial charge in [0.2, 0.25) is 0 Å². The molecule has 106 valence electrons. The van der Waals surface area contributed by atoms with Crippen LogP contribution in [0.4, 0.5) is 0 Å². The summed E-state index contributed by atoms with van der Waals surface area (Å²) in [5.74, 6) is -0.102. The molecule has 0 heterocycles. The second kappa shape index (κ2) is 7.06. The van der Waals surface area contributed by atoms with Crippen molar-refractivity contribution in [3.8, 4) is 0 Å². The Morgan fingerprint density at radius 2 is 2.00 bits per heavy atom. The number of carbonyl (C=O) groups excluding carboxylic acids is 1. The molecule has 0 saturated carbocycles. The molecule has 0 aliphatic heterocycles. The van der Waals surface area contributed by atoms with Gasteiger partial charge in [-0.25, -0.2) is 0 Å². The molecule has 1 rings (SSSR count). The number of aliphatic hydroxyl groups excluding tert-OH is 1. The fourth-order valence-electron chi connectivity index (χ4n) is 1.96. The van der Waals surface area contributed by atoms with Crippen molar-refractivity contribution in [1.82, 2.24) is 5.32 Å². The van der Waals surface area contributed by atoms with E-state index in [9.17, 15) is 9.90 Å². The molecular weight excluding hydrogens is 306 g/mol. The standard InChI is InChI=1S/C15H22BrNO2/c1-4-15(5-2,10-18)9-17-14(19)12-8-11(3)6-7-13(12)16/h6-8,18H,4-5,9-10H2,1-3H3,(H,17,19). The molecule has 1 aromatic rings. The molecule has 4 heteroatoms. The zero-order valence-corrected chi connectivity index (χ0v) is 13.4. The van der Waals surface area contributed by atoms with Crippen molar-refractivity contribution in [3.63, 3.8) is 0 Å². The second-order valence-electron chi connectivity index (χ2n) is 5.03. The smallest absolute Gasteiger partial charge is 0.252 e. The lowest BCUT2D eigenvalue weighted by atomic mass is 9.83. The van der Waals surface area contributed by atoms with E-state index in [2.05, 4.69) is 21.2 Å². The quantitative estimate of drug-likeness (QED) is 0.842. The zero-order chi connectivity index (χ0) is 14.5. The van der Waals surface area contributed by atoms with Crippen molar-refractivity contribution in [2.45, 2.75) is 33.6 Å². The average Bonchev–Trinajstić information content (AvgIpc) is 2.43. The first-order chi connectivity index (χ1) is 8.98. The summed E-state index contributed by atoms with van der Waals surface area (Å²) in [4.78, 5) is 12.2. The highest BCUT2D eigenvalue weighted by Gasteiger charge is 2.26. The van der Waals surface area contributed by atoms with Crippen LogP contribution >= 0.6 is 15.9 Å². The van der Waals surface area contributed by atoms with Crippen molar-refractivity contribution < 1.29 is 9.90 Å². The maximum Gasteiger partial charge on any atom is 0.252 e. The number of benzene rings is 1. The van der Waals surface area contributed by atoms with Crippen LogP contribution in [-0.2, 0) is 0 Å².